The van der Waals surface area contributed by atoms with E-state index in [1.807, 2.05) is 13.8 Å². The number of hydrogen-bond donors (Lipinski definition) is 2. The van der Waals surface area contributed by atoms with E-state index < -0.39 is 10.0 Å². The molecule has 1 atom stereocenters. The Morgan fingerprint density at radius 3 is 2.65 bits per heavy atom. The number of nitrogens with one attached hydrogen (secondary N) is 2. The summed E-state index contributed by atoms with van der Waals surface area (Å²) in [5.41, 5.74) is 0. The van der Waals surface area contributed by atoms with Crippen LogP contribution in [-0.4, -0.2) is 42.5 Å². The lowest BCUT2D eigenvalue weighted by molar-refractivity contribution is 0.528. The number of rotatable bonds is 6. The van der Waals surface area contributed by atoms with E-state index in [9.17, 15) is 8.42 Å². The Hall–Kier alpha value is -0.700. The summed E-state index contributed by atoms with van der Waals surface area (Å²) in [6.45, 7) is 5.01. The molecule has 0 saturated carbocycles. The maximum absolute atomic E-state index is 11.8. The van der Waals surface area contributed by atoms with E-state index in [0.29, 0.717) is 6.54 Å². The fourth-order valence-electron chi connectivity index (χ4n) is 1.25. The lowest BCUT2D eigenvalue weighted by Gasteiger charge is -2.13. The molecule has 0 fully saturated rings. The van der Waals surface area contributed by atoms with E-state index in [2.05, 4.69) is 20.4 Å². The predicted octanol–water partition coefficient (Wildman–Crippen LogP) is -0.487. The largest absolute Gasteiger partial charge is 0.313 e. The molecule has 7 nitrogen and oxygen atoms in total. The van der Waals surface area contributed by atoms with Crippen LogP contribution in [0.5, 0.6) is 0 Å². The maximum atomic E-state index is 11.8. The molecule has 1 aromatic heterocycles. The summed E-state index contributed by atoms with van der Waals surface area (Å²) in [6, 6.07) is 0.0842. The van der Waals surface area contributed by atoms with Crippen molar-refractivity contribution in [1.29, 1.82) is 0 Å². The molecular weight excluding hydrogens is 266 g/mol. The SMILES string of the molecule is CCN[C@H](C)CNS(=O)(=O)c1cnnn1C.Cl. The van der Waals surface area contributed by atoms with Crippen molar-refractivity contribution in [3.05, 3.63) is 6.20 Å². The standard InChI is InChI=1S/C8H17N5O2S.ClH/c1-4-9-7(2)5-11-16(14,15)8-6-10-12-13(8)3;/h6-7,9,11H,4-5H2,1-3H3;1H/t7-;/m1./s1. The van der Waals surface area contributed by atoms with Crippen LogP contribution in [0.3, 0.4) is 0 Å². The van der Waals surface area contributed by atoms with Crippen LogP contribution < -0.4 is 10.0 Å². The highest BCUT2D eigenvalue weighted by Gasteiger charge is 2.19. The molecular formula is C8H18ClN5O2S. The van der Waals surface area contributed by atoms with Crippen molar-refractivity contribution < 1.29 is 8.42 Å². The summed E-state index contributed by atoms with van der Waals surface area (Å²) in [5.74, 6) is 0. The van der Waals surface area contributed by atoms with Gasteiger partial charge in [-0.25, -0.2) is 17.8 Å². The summed E-state index contributed by atoms with van der Waals surface area (Å²) in [4.78, 5) is 0. The maximum Gasteiger partial charge on any atom is 0.259 e. The van der Waals surface area contributed by atoms with Gasteiger partial charge in [0.15, 0.2) is 5.03 Å². The second-order valence-electron chi connectivity index (χ2n) is 3.51. The normalized spacial score (nSPS) is 13.1. The lowest BCUT2D eigenvalue weighted by Crippen LogP contribution is -2.39. The van der Waals surface area contributed by atoms with Crippen molar-refractivity contribution in [2.75, 3.05) is 13.1 Å². The first-order valence-electron chi connectivity index (χ1n) is 5.05. The van der Waals surface area contributed by atoms with E-state index in [1.165, 1.54) is 17.9 Å². The number of aromatic nitrogens is 3. The first kappa shape index (κ1) is 16.3. The topological polar surface area (TPSA) is 88.9 Å². The Morgan fingerprint density at radius 2 is 2.18 bits per heavy atom. The van der Waals surface area contributed by atoms with Gasteiger partial charge in [-0.2, -0.15) is 0 Å². The van der Waals surface area contributed by atoms with Crippen LogP contribution in [0.15, 0.2) is 11.2 Å². The third-order valence-corrected chi connectivity index (χ3v) is 3.55. The third kappa shape index (κ3) is 4.58. The number of aryl methyl sites for hydroxylation is 1. The Bertz CT molecular complexity index is 433. The third-order valence-electron chi connectivity index (χ3n) is 2.08. The molecule has 0 bridgehead atoms. The van der Waals surface area contributed by atoms with Crippen LogP contribution in [0.1, 0.15) is 13.8 Å². The fraction of sp³-hybridized carbons (Fsp3) is 0.750. The lowest BCUT2D eigenvalue weighted by atomic mass is 10.3. The zero-order chi connectivity index (χ0) is 12.2. The van der Waals surface area contributed by atoms with Gasteiger partial charge in [0.2, 0.25) is 0 Å². The van der Waals surface area contributed by atoms with E-state index in [1.54, 1.807) is 0 Å². The molecule has 0 aliphatic carbocycles. The first-order valence-corrected chi connectivity index (χ1v) is 6.53. The van der Waals surface area contributed by atoms with E-state index in [4.69, 9.17) is 0 Å². The van der Waals surface area contributed by atoms with Crippen LogP contribution in [0.2, 0.25) is 0 Å². The molecule has 0 aliphatic rings. The van der Waals surface area contributed by atoms with Crippen LogP contribution in [0.25, 0.3) is 0 Å². The van der Waals surface area contributed by atoms with Crippen molar-refractivity contribution in [2.45, 2.75) is 24.9 Å². The van der Waals surface area contributed by atoms with E-state index in [-0.39, 0.29) is 23.5 Å². The quantitative estimate of drug-likeness (QED) is 0.736. The van der Waals surface area contributed by atoms with Crippen molar-refractivity contribution in [3.63, 3.8) is 0 Å². The van der Waals surface area contributed by atoms with Gasteiger partial charge in [-0.05, 0) is 13.5 Å². The summed E-state index contributed by atoms with van der Waals surface area (Å²) in [7, 11) is -1.98. The van der Waals surface area contributed by atoms with Crippen LogP contribution in [-0.2, 0) is 17.1 Å². The average molecular weight is 284 g/mol. The molecule has 0 spiro atoms. The van der Waals surface area contributed by atoms with Crippen molar-refractivity contribution in [1.82, 2.24) is 25.0 Å². The van der Waals surface area contributed by atoms with Gasteiger partial charge in [-0.1, -0.05) is 12.1 Å². The highest BCUT2D eigenvalue weighted by molar-refractivity contribution is 7.89. The summed E-state index contributed by atoms with van der Waals surface area (Å²) in [5, 5.41) is 10.3. The predicted molar refractivity (Wildman–Crippen MR) is 66.6 cm³/mol. The molecule has 0 saturated heterocycles. The molecule has 0 amide bonds. The number of nitrogens with zero attached hydrogens (tertiary/aromatic N) is 3. The zero-order valence-electron chi connectivity index (χ0n) is 10.0. The zero-order valence-corrected chi connectivity index (χ0v) is 11.7. The fourth-order valence-corrected chi connectivity index (χ4v) is 2.44. The Morgan fingerprint density at radius 1 is 1.53 bits per heavy atom. The van der Waals surface area contributed by atoms with Crippen molar-refractivity contribution in [3.8, 4) is 0 Å². The van der Waals surface area contributed by atoms with Crippen molar-refractivity contribution >= 4 is 22.4 Å². The van der Waals surface area contributed by atoms with Crippen LogP contribution >= 0.6 is 12.4 Å². The van der Waals surface area contributed by atoms with E-state index >= 15 is 0 Å². The summed E-state index contributed by atoms with van der Waals surface area (Å²) in [6.07, 6.45) is 1.22. The molecule has 2 N–H and O–H groups in total. The smallest absolute Gasteiger partial charge is 0.259 e. The number of hydrogen-bond acceptors (Lipinski definition) is 5. The second kappa shape index (κ2) is 6.90. The average Bonchev–Trinajstić information content (AvgIpc) is 2.63. The van der Waals surface area contributed by atoms with Gasteiger partial charge in [0, 0.05) is 19.6 Å². The Labute approximate surface area is 107 Å². The van der Waals surface area contributed by atoms with Crippen molar-refractivity contribution in [2.24, 2.45) is 7.05 Å². The molecule has 17 heavy (non-hydrogen) atoms. The minimum absolute atomic E-state index is 0. The highest BCUT2D eigenvalue weighted by Crippen LogP contribution is 2.03. The van der Waals surface area contributed by atoms with Gasteiger partial charge in [-0.3, -0.25) is 0 Å². The highest BCUT2D eigenvalue weighted by atomic mass is 35.5. The molecule has 1 rings (SSSR count). The van der Waals surface area contributed by atoms with Gasteiger partial charge < -0.3 is 5.32 Å². The number of likely N-dealkylation sites (N-methyl/N-ethyl adjacent to an activating group) is 1. The van der Waals surface area contributed by atoms with E-state index in [0.717, 1.165) is 6.54 Å². The second-order valence-corrected chi connectivity index (χ2v) is 5.22. The Balaban J connectivity index is 0.00000256. The molecule has 1 aromatic rings. The molecule has 100 valence electrons. The number of halogens is 1. The molecule has 0 unspecified atom stereocenters. The van der Waals surface area contributed by atoms with Crippen LogP contribution in [0.4, 0.5) is 0 Å². The van der Waals surface area contributed by atoms with Gasteiger partial charge in [-0.15, -0.1) is 17.5 Å². The molecule has 0 aliphatic heterocycles. The molecule has 0 radical (unpaired) electrons. The van der Waals surface area contributed by atoms with Gasteiger partial charge in [0.25, 0.3) is 10.0 Å². The van der Waals surface area contributed by atoms with Gasteiger partial charge >= 0.3 is 0 Å². The molecule has 0 aromatic carbocycles. The summed E-state index contributed by atoms with van der Waals surface area (Å²) < 4.78 is 27.3. The molecule has 9 heteroatoms. The summed E-state index contributed by atoms with van der Waals surface area (Å²) >= 11 is 0. The monoisotopic (exact) mass is 283 g/mol. The first-order chi connectivity index (χ1) is 7.47. The minimum atomic E-state index is -3.51. The number of sulfonamides is 1. The van der Waals surface area contributed by atoms with Gasteiger partial charge in [0.05, 0.1) is 6.20 Å². The Kier molecular flexibility index (Phi) is 6.61. The molecule has 1 heterocycles. The minimum Gasteiger partial charge on any atom is -0.313 e. The van der Waals surface area contributed by atoms with Gasteiger partial charge in [0.1, 0.15) is 0 Å². The van der Waals surface area contributed by atoms with Crippen LogP contribution in [0, 0.1) is 0 Å².